The van der Waals surface area contributed by atoms with Gasteiger partial charge in [-0.05, 0) is 60.5 Å². The van der Waals surface area contributed by atoms with Crippen LogP contribution in [0.2, 0.25) is 5.02 Å². The van der Waals surface area contributed by atoms with Crippen molar-refractivity contribution in [3.8, 4) is 0 Å². The van der Waals surface area contributed by atoms with E-state index in [-0.39, 0.29) is 17.7 Å². The molecule has 1 fully saturated rings. The zero-order valence-electron chi connectivity index (χ0n) is 16.4. The van der Waals surface area contributed by atoms with E-state index in [0.29, 0.717) is 33.0 Å². The van der Waals surface area contributed by atoms with Crippen LogP contribution >= 0.6 is 23.4 Å². The molecule has 1 heterocycles. The van der Waals surface area contributed by atoms with Crippen molar-refractivity contribution in [3.63, 3.8) is 0 Å². The lowest BCUT2D eigenvalue weighted by Gasteiger charge is -2.10. The molecule has 0 saturated heterocycles. The number of carbonyl (C=O) groups excluding carboxylic acids is 2. The Bertz CT molecular complexity index is 1120. The third-order valence-electron chi connectivity index (χ3n) is 4.90. The number of nitrogens with zero attached hydrogens (tertiary/aromatic N) is 3. The summed E-state index contributed by atoms with van der Waals surface area (Å²) in [6.07, 6.45) is 2.53. The summed E-state index contributed by atoms with van der Waals surface area (Å²) in [5.41, 5.74) is 1.64. The van der Waals surface area contributed by atoms with Gasteiger partial charge in [-0.2, -0.15) is 0 Å². The minimum Gasteiger partial charge on any atom is -0.326 e. The molecular formula is C21H20ClN5O2S. The second-order valence-electron chi connectivity index (χ2n) is 7.32. The van der Waals surface area contributed by atoms with E-state index in [1.54, 1.807) is 47.3 Å². The molecule has 9 heteroatoms. The summed E-state index contributed by atoms with van der Waals surface area (Å²) in [5.74, 6) is 0.220. The molecule has 4 rings (SSSR count). The number of hydrogen-bond donors (Lipinski definition) is 2. The first-order valence-electron chi connectivity index (χ1n) is 9.44. The zero-order valence-corrected chi connectivity index (χ0v) is 18.0. The first-order valence-corrected chi connectivity index (χ1v) is 10.6. The van der Waals surface area contributed by atoms with Gasteiger partial charge in [-0.15, -0.1) is 10.2 Å². The molecule has 7 nitrogen and oxygen atoms in total. The highest BCUT2D eigenvalue weighted by molar-refractivity contribution is 7.99. The van der Waals surface area contributed by atoms with Crippen molar-refractivity contribution < 1.29 is 9.59 Å². The Morgan fingerprint density at radius 2 is 1.93 bits per heavy atom. The van der Waals surface area contributed by atoms with Crippen molar-refractivity contribution in [2.24, 2.45) is 18.9 Å². The third-order valence-corrected chi connectivity index (χ3v) is 6.45. The molecular weight excluding hydrogens is 422 g/mol. The number of aryl methyl sites for hydroxylation is 1. The van der Waals surface area contributed by atoms with Crippen molar-refractivity contribution >= 4 is 46.6 Å². The number of carbonyl (C=O) groups is 2. The van der Waals surface area contributed by atoms with E-state index in [2.05, 4.69) is 27.8 Å². The number of benzene rings is 2. The van der Waals surface area contributed by atoms with Crippen LogP contribution in [-0.4, -0.2) is 26.6 Å². The molecule has 2 N–H and O–H groups in total. The van der Waals surface area contributed by atoms with Gasteiger partial charge in [0.25, 0.3) is 5.91 Å². The third kappa shape index (κ3) is 4.66. The Labute approximate surface area is 183 Å². The van der Waals surface area contributed by atoms with E-state index < -0.39 is 0 Å². The van der Waals surface area contributed by atoms with Crippen molar-refractivity contribution in [2.45, 2.75) is 23.4 Å². The number of aromatic nitrogens is 3. The standard InChI is InChI=1S/C21H20ClN5O2S/c1-12-8-16(12)20(29)25-14-5-3-4-13(9-14)19(28)24-15-6-7-18(17(22)10-15)30-21-26-23-11-27(21)2/h3-7,9-12,16H,8H2,1-2H3,(H,24,28)(H,25,29). The largest absolute Gasteiger partial charge is 0.326 e. The predicted molar refractivity (Wildman–Crippen MR) is 117 cm³/mol. The summed E-state index contributed by atoms with van der Waals surface area (Å²) in [6, 6.07) is 12.2. The molecule has 0 bridgehead atoms. The van der Waals surface area contributed by atoms with Crippen molar-refractivity contribution in [1.82, 2.24) is 14.8 Å². The number of amides is 2. The highest BCUT2D eigenvalue weighted by Crippen LogP contribution is 2.38. The number of rotatable bonds is 6. The smallest absolute Gasteiger partial charge is 0.255 e. The molecule has 1 aliphatic carbocycles. The fourth-order valence-electron chi connectivity index (χ4n) is 2.99. The summed E-state index contributed by atoms with van der Waals surface area (Å²) in [7, 11) is 1.85. The molecule has 1 saturated carbocycles. The lowest BCUT2D eigenvalue weighted by atomic mass is 10.1. The fraction of sp³-hybridized carbons (Fsp3) is 0.238. The first-order chi connectivity index (χ1) is 14.4. The van der Waals surface area contributed by atoms with E-state index in [1.165, 1.54) is 11.8 Å². The lowest BCUT2D eigenvalue weighted by molar-refractivity contribution is -0.117. The van der Waals surface area contributed by atoms with E-state index in [1.807, 2.05) is 13.1 Å². The Kier molecular flexibility index (Phi) is 5.78. The highest BCUT2D eigenvalue weighted by Gasteiger charge is 2.39. The molecule has 1 aromatic heterocycles. The Balaban J connectivity index is 1.42. The van der Waals surface area contributed by atoms with Crippen LogP contribution in [0.3, 0.4) is 0 Å². The molecule has 0 spiro atoms. The van der Waals surface area contributed by atoms with Gasteiger partial charge in [0, 0.05) is 34.8 Å². The Hall–Kier alpha value is -2.84. The second-order valence-corrected chi connectivity index (χ2v) is 8.73. The van der Waals surface area contributed by atoms with Crippen LogP contribution in [0.15, 0.2) is 58.8 Å². The van der Waals surface area contributed by atoms with Gasteiger partial charge >= 0.3 is 0 Å². The van der Waals surface area contributed by atoms with Gasteiger partial charge in [0.05, 0.1) is 5.02 Å². The van der Waals surface area contributed by atoms with Crippen LogP contribution in [0, 0.1) is 11.8 Å². The number of hydrogen-bond acceptors (Lipinski definition) is 5. The zero-order chi connectivity index (χ0) is 21.3. The summed E-state index contributed by atoms with van der Waals surface area (Å²) in [4.78, 5) is 25.6. The number of nitrogens with one attached hydrogen (secondary N) is 2. The Morgan fingerprint density at radius 3 is 2.60 bits per heavy atom. The number of halogens is 1. The predicted octanol–water partition coefficient (Wildman–Crippen LogP) is 4.47. The molecule has 0 aliphatic heterocycles. The van der Waals surface area contributed by atoms with Gasteiger partial charge in [-0.1, -0.05) is 24.6 Å². The quantitative estimate of drug-likeness (QED) is 0.589. The summed E-state index contributed by atoms with van der Waals surface area (Å²) < 4.78 is 1.80. The van der Waals surface area contributed by atoms with Gasteiger partial charge in [0.2, 0.25) is 5.91 Å². The van der Waals surface area contributed by atoms with Gasteiger partial charge in [0.1, 0.15) is 6.33 Å². The first kappa shape index (κ1) is 20.4. The molecule has 2 aromatic carbocycles. The normalized spacial score (nSPS) is 17.4. The maximum absolute atomic E-state index is 12.7. The van der Waals surface area contributed by atoms with Crippen molar-refractivity contribution in [1.29, 1.82) is 0 Å². The van der Waals surface area contributed by atoms with Crippen LogP contribution in [0.25, 0.3) is 0 Å². The summed E-state index contributed by atoms with van der Waals surface area (Å²) >= 11 is 7.77. The minimum atomic E-state index is -0.282. The average Bonchev–Trinajstić information content (AvgIpc) is 3.32. The SMILES string of the molecule is CC1CC1C(=O)Nc1cccc(C(=O)Nc2ccc(Sc3nncn3C)c(Cl)c2)c1. The van der Waals surface area contributed by atoms with E-state index in [0.717, 1.165) is 11.3 Å². The molecule has 2 amide bonds. The van der Waals surface area contributed by atoms with E-state index in [9.17, 15) is 9.59 Å². The van der Waals surface area contributed by atoms with Gasteiger partial charge in [-0.25, -0.2) is 0 Å². The van der Waals surface area contributed by atoms with Gasteiger partial charge in [0.15, 0.2) is 5.16 Å². The van der Waals surface area contributed by atoms with Crippen LogP contribution in [0.1, 0.15) is 23.7 Å². The Morgan fingerprint density at radius 1 is 1.17 bits per heavy atom. The molecule has 1 aliphatic rings. The molecule has 30 heavy (non-hydrogen) atoms. The number of anilines is 2. The van der Waals surface area contributed by atoms with Gasteiger partial charge in [-0.3, -0.25) is 9.59 Å². The topological polar surface area (TPSA) is 88.9 Å². The lowest BCUT2D eigenvalue weighted by Crippen LogP contribution is -2.16. The van der Waals surface area contributed by atoms with Crippen molar-refractivity contribution in [3.05, 3.63) is 59.4 Å². The molecule has 154 valence electrons. The minimum absolute atomic E-state index is 0.00263. The van der Waals surface area contributed by atoms with Crippen LogP contribution in [-0.2, 0) is 11.8 Å². The van der Waals surface area contributed by atoms with Crippen LogP contribution in [0.5, 0.6) is 0 Å². The molecule has 2 atom stereocenters. The van der Waals surface area contributed by atoms with Gasteiger partial charge < -0.3 is 15.2 Å². The molecule has 0 radical (unpaired) electrons. The summed E-state index contributed by atoms with van der Waals surface area (Å²) in [6.45, 7) is 2.05. The maximum atomic E-state index is 12.7. The highest BCUT2D eigenvalue weighted by atomic mass is 35.5. The monoisotopic (exact) mass is 441 g/mol. The second kappa shape index (κ2) is 8.49. The van der Waals surface area contributed by atoms with E-state index in [4.69, 9.17) is 11.6 Å². The molecule has 3 aromatic rings. The average molecular weight is 442 g/mol. The fourth-order valence-corrected chi connectivity index (χ4v) is 4.05. The maximum Gasteiger partial charge on any atom is 0.255 e. The van der Waals surface area contributed by atoms with E-state index >= 15 is 0 Å². The summed E-state index contributed by atoms with van der Waals surface area (Å²) in [5, 5.41) is 14.8. The van der Waals surface area contributed by atoms with Crippen molar-refractivity contribution in [2.75, 3.05) is 10.6 Å². The van der Waals surface area contributed by atoms with Crippen LogP contribution < -0.4 is 10.6 Å². The van der Waals surface area contributed by atoms with Crippen LogP contribution in [0.4, 0.5) is 11.4 Å². The molecule has 2 unspecified atom stereocenters.